The Morgan fingerprint density at radius 3 is 2.22 bits per heavy atom. The minimum Gasteiger partial charge on any atom is -0.497 e. The monoisotopic (exact) mass is 524 g/mol. The maximum Gasteiger partial charge on any atom is 0.248 e. The molecule has 0 radical (unpaired) electrons. The molecule has 0 atom stereocenters. The van der Waals surface area contributed by atoms with Gasteiger partial charge in [0.05, 0.1) is 18.6 Å². The zero-order valence-corrected chi connectivity index (χ0v) is 23.5. The fourth-order valence-corrected chi connectivity index (χ4v) is 6.86. The third kappa shape index (κ3) is 7.19. The fraction of sp³-hybridized carbons (Fsp3) is 0.731. The minimum atomic E-state index is -3.68. The summed E-state index contributed by atoms with van der Waals surface area (Å²) < 4.78 is 38.3. The number of amides is 1. The third-order valence-electron chi connectivity index (χ3n) is 7.39. The highest BCUT2D eigenvalue weighted by molar-refractivity contribution is 7.89. The highest BCUT2D eigenvalue weighted by Gasteiger charge is 2.29. The van der Waals surface area contributed by atoms with E-state index in [0.29, 0.717) is 22.9 Å². The van der Waals surface area contributed by atoms with E-state index < -0.39 is 10.0 Å². The topological polar surface area (TPSA) is 82.6 Å². The van der Waals surface area contributed by atoms with Crippen molar-refractivity contribution in [1.29, 1.82) is 0 Å². The molecule has 0 saturated carbocycles. The minimum absolute atomic E-state index is 0.0190. The summed E-state index contributed by atoms with van der Waals surface area (Å²) in [6, 6.07) is 4.00. The molecule has 1 amide bonds. The van der Waals surface area contributed by atoms with Crippen molar-refractivity contribution < 1.29 is 22.7 Å². The van der Waals surface area contributed by atoms with Gasteiger partial charge in [-0.3, -0.25) is 9.69 Å². The molecule has 0 aromatic heterocycles. The van der Waals surface area contributed by atoms with E-state index in [0.717, 1.165) is 52.1 Å². The van der Waals surface area contributed by atoms with Gasteiger partial charge in [-0.1, -0.05) is 6.92 Å². The highest BCUT2D eigenvalue weighted by atomic mass is 32.2. The lowest BCUT2D eigenvalue weighted by molar-refractivity contribution is -0.137. The summed E-state index contributed by atoms with van der Waals surface area (Å²) in [5.74, 6) is 0.612. The molecule has 3 rings (SSSR count). The molecule has 36 heavy (non-hydrogen) atoms. The molecule has 2 aliphatic heterocycles. The maximum absolute atomic E-state index is 13.1. The number of nitrogens with zero attached hydrogens (tertiary/aromatic N) is 4. The van der Waals surface area contributed by atoms with Crippen molar-refractivity contribution in [3.63, 3.8) is 0 Å². The largest absolute Gasteiger partial charge is 0.497 e. The summed E-state index contributed by atoms with van der Waals surface area (Å²) in [6.07, 6.45) is 3.21. The van der Waals surface area contributed by atoms with Crippen LogP contribution in [-0.2, 0) is 19.6 Å². The summed E-state index contributed by atoms with van der Waals surface area (Å²) in [6.45, 7) is 13.3. The molecule has 10 heteroatoms. The number of aryl methyl sites for hydroxylation is 2. The first kappa shape index (κ1) is 28.8. The molecule has 1 aromatic rings. The van der Waals surface area contributed by atoms with Crippen molar-refractivity contribution >= 4 is 15.9 Å². The Balaban J connectivity index is 1.39. The molecule has 0 aliphatic carbocycles. The number of rotatable bonds is 11. The lowest BCUT2D eigenvalue weighted by atomic mass is 10.0. The number of likely N-dealkylation sites (N-methyl/N-ethyl adjacent to an activating group) is 1. The number of hydrogen-bond donors (Lipinski definition) is 0. The number of hydrogen-bond acceptors (Lipinski definition) is 7. The summed E-state index contributed by atoms with van der Waals surface area (Å²) >= 11 is 0. The average Bonchev–Trinajstić information content (AvgIpc) is 2.86. The van der Waals surface area contributed by atoms with Crippen LogP contribution in [0.4, 0.5) is 0 Å². The maximum atomic E-state index is 13.1. The number of likely N-dealkylation sites (tertiary alicyclic amines) is 1. The Bertz CT molecular complexity index is 948. The second-order valence-electron chi connectivity index (χ2n) is 9.96. The number of carbonyl (C=O) groups is 1. The third-order valence-corrected chi connectivity index (χ3v) is 9.56. The first-order valence-corrected chi connectivity index (χ1v) is 14.5. The van der Waals surface area contributed by atoms with E-state index in [1.165, 1.54) is 24.3 Å². The molecule has 0 spiro atoms. The van der Waals surface area contributed by atoms with Gasteiger partial charge >= 0.3 is 0 Å². The summed E-state index contributed by atoms with van der Waals surface area (Å²) in [4.78, 5) is 19.9. The van der Waals surface area contributed by atoms with Crippen LogP contribution >= 0.6 is 0 Å². The highest BCUT2D eigenvalue weighted by Crippen LogP contribution is 2.27. The SMILES string of the molecule is CCCN1CCN(C2CCN(C(=O)COCCN(C)S(=O)(=O)c3c(C)cc(OC)cc3C)CC2)CC1. The molecular weight excluding hydrogens is 480 g/mol. The van der Waals surface area contributed by atoms with Gasteiger partial charge in [-0.15, -0.1) is 0 Å². The fourth-order valence-electron chi connectivity index (χ4n) is 5.30. The van der Waals surface area contributed by atoms with Crippen LogP contribution in [0, 0.1) is 13.8 Å². The summed E-state index contributed by atoms with van der Waals surface area (Å²) in [5, 5.41) is 0. The molecule has 9 nitrogen and oxygen atoms in total. The zero-order valence-electron chi connectivity index (χ0n) is 22.7. The van der Waals surface area contributed by atoms with E-state index in [-0.39, 0.29) is 30.6 Å². The van der Waals surface area contributed by atoms with Gasteiger partial charge in [0.2, 0.25) is 15.9 Å². The van der Waals surface area contributed by atoms with Crippen LogP contribution in [0.3, 0.4) is 0 Å². The van der Waals surface area contributed by atoms with Crippen LogP contribution in [0.5, 0.6) is 5.75 Å². The van der Waals surface area contributed by atoms with E-state index in [9.17, 15) is 13.2 Å². The van der Waals surface area contributed by atoms with Crippen LogP contribution in [0.2, 0.25) is 0 Å². The van der Waals surface area contributed by atoms with Gasteiger partial charge in [-0.2, -0.15) is 4.31 Å². The second kappa shape index (κ2) is 13.2. The number of methoxy groups -OCH3 is 1. The predicted molar refractivity (Wildman–Crippen MR) is 141 cm³/mol. The molecule has 2 saturated heterocycles. The number of piperazine rings is 1. The Hall–Kier alpha value is -1.72. The van der Waals surface area contributed by atoms with Gasteiger partial charge < -0.3 is 19.3 Å². The van der Waals surface area contributed by atoms with Crippen molar-refractivity contribution in [3.8, 4) is 5.75 Å². The number of carbonyl (C=O) groups excluding carboxylic acids is 1. The van der Waals surface area contributed by atoms with Gasteiger partial charge in [-0.05, 0) is 62.9 Å². The van der Waals surface area contributed by atoms with Crippen molar-refractivity contribution in [1.82, 2.24) is 19.0 Å². The smallest absolute Gasteiger partial charge is 0.248 e. The number of benzene rings is 1. The molecule has 0 N–H and O–H groups in total. The Kier molecular flexibility index (Phi) is 10.6. The van der Waals surface area contributed by atoms with Gasteiger partial charge in [-0.25, -0.2) is 8.42 Å². The summed E-state index contributed by atoms with van der Waals surface area (Å²) in [5.41, 5.74) is 1.28. The Morgan fingerprint density at radius 1 is 1.06 bits per heavy atom. The van der Waals surface area contributed by atoms with Crippen molar-refractivity contribution in [3.05, 3.63) is 23.3 Å². The van der Waals surface area contributed by atoms with Crippen molar-refractivity contribution in [2.75, 3.05) is 79.7 Å². The van der Waals surface area contributed by atoms with E-state index in [4.69, 9.17) is 9.47 Å². The molecule has 2 fully saturated rings. The molecule has 0 bridgehead atoms. The zero-order chi connectivity index (χ0) is 26.3. The number of ether oxygens (including phenoxy) is 2. The molecule has 1 aromatic carbocycles. The molecule has 0 unspecified atom stereocenters. The van der Waals surface area contributed by atoms with Crippen LogP contribution in [0.25, 0.3) is 0 Å². The van der Waals surface area contributed by atoms with Gasteiger partial charge in [0.25, 0.3) is 0 Å². The quantitative estimate of drug-likeness (QED) is 0.409. The van der Waals surface area contributed by atoms with Crippen LogP contribution < -0.4 is 4.74 Å². The number of sulfonamides is 1. The lowest BCUT2D eigenvalue weighted by Crippen LogP contribution is -2.54. The van der Waals surface area contributed by atoms with Gasteiger partial charge in [0.1, 0.15) is 12.4 Å². The molecule has 2 aliphatic rings. The molecule has 204 valence electrons. The van der Waals surface area contributed by atoms with Crippen molar-refractivity contribution in [2.24, 2.45) is 0 Å². The average molecular weight is 525 g/mol. The first-order chi connectivity index (χ1) is 17.2. The van der Waals surface area contributed by atoms with E-state index in [1.807, 2.05) is 4.90 Å². The Morgan fingerprint density at radius 2 is 1.67 bits per heavy atom. The molecular formula is C26H44N4O5S. The second-order valence-corrected chi connectivity index (χ2v) is 11.9. The standard InChI is InChI=1S/C26H44N4O5S/c1-6-9-28-12-14-29(15-13-28)23-7-10-30(11-8-23)25(31)20-35-17-16-27(4)36(32,33)26-21(2)18-24(34-5)19-22(26)3/h18-19,23H,6-17,20H2,1-5H3. The van der Waals surface area contributed by atoms with Gasteiger partial charge in [0.15, 0.2) is 0 Å². The van der Waals surface area contributed by atoms with Gasteiger partial charge in [0, 0.05) is 58.9 Å². The normalized spacial score (nSPS) is 18.7. The summed E-state index contributed by atoms with van der Waals surface area (Å²) in [7, 11) is -0.577. The Labute approximate surface area is 217 Å². The lowest BCUT2D eigenvalue weighted by Gasteiger charge is -2.42. The van der Waals surface area contributed by atoms with E-state index >= 15 is 0 Å². The predicted octanol–water partition coefficient (Wildman–Crippen LogP) is 1.97. The number of piperidine rings is 1. The van der Waals surface area contributed by atoms with Crippen LogP contribution in [0.1, 0.15) is 37.3 Å². The molecule has 2 heterocycles. The first-order valence-electron chi connectivity index (χ1n) is 13.1. The van der Waals surface area contributed by atoms with E-state index in [2.05, 4.69) is 16.7 Å². The van der Waals surface area contributed by atoms with E-state index in [1.54, 1.807) is 33.1 Å². The van der Waals surface area contributed by atoms with Crippen LogP contribution in [-0.4, -0.2) is 119 Å². The van der Waals surface area contributed by atoms with Crippen LogP contribution in [0.15, 0.2) is 17.0 Å². The van der Waals surface area contributed by atoms with Crippen molar-refractivity contribution in [2.45, 2.75) is 51.0 Å².